The van der Waals surface area contributed by atoms with Gasteiger partial charge in [0, 0.05) is 51.9 Å². The van der Waals surface area contributed by atoms with E-state index in [4.69, 9.17) is 0 Å². The molecule has 1 fully saturated rings. The van der Waals surface area contributed by atoms with Crippen LogP contribution < -0.4 is 0 Å². The quantitative estimate of drug-likeness (QED) is 0.178. The number of rotatable bonds is 5. The van der Waals surface area contributed by atoms with Crippen molar-refractivity contribution in [2.75, 3.05) is 6.54 Å². The zero-order chi connectivity index (χ0) is 24.8. The summed E-state index contributed by atoms with van der Waals surface area (Å²) < 4.78 is 13.4. The number of nitrogens with one attached hydrogen (secondary N) is 2. The molecule has 3 heterocycles. The Balaban J connectivity index is 1.50. The van der Waals surface area contributed by atoms with Crippen molar-refractivity contribution in [3.63, 3.8) is 0 Å². The van der Waals surface area contributed by atoms with E-state index in [1.54, 1.807) is 24.5 Å². The van der Waals surface area contributed by atoms with Crippen LogP contribution >= 0.6 is 0 Å². The number of aromatic nitrogens is 2. The van der Waals surface area contributed by atoms with Crippen LogP contribution in [0.3, 0.4) is 0 Å². The van der Waals surface area contributed by atoms with E-state index in [0.29, 0.717) is 12.0 Å². The highest BCUT2D eigenvalue weighted by Crippen LogP contribution is 2.42. The Morgan fingerprint density at radius 2 is 1.50 bits per heavy atom. The van der Waals surface area contributed by atoms with E-state index in [9.17, 15) is 19.1 Å². The third kappa shape index (κ3) is 3.48. The van der Waals surface area contributed by atoms with E-state index in [2.05, 4.69) is 9.97 Å². The molecule has 6 nitrogen and oxygen atoms in total. The minimum atomic E-state index is -0.782. The number of aliphatic hydroxyl groups excluding tert-OH is 1. The SMILES string of the molecule is O=C1C(=O)N(CCc2ccc(F)cc2)C(c2c[nH]c3ccccc23)/C1=C(\O)c1c[nH]c2ccccc12. The van der Waals surface area contributed by atoms with E-state index in [1.807, 2.05) is 48.5 Å². The summed E-state index contributed by atoms with van der Waals surface area (Å²) in [6.45, 7) is 0.227. The molecule has 3 aromatic carbocycles. The van der Waals surface area contributed by atoms with Crippen LogP contribution in [0.1, 0.15) is 22.7 Å². The summed E-state index contributed by atoms with van der Waals surface area (Å²) in [6.07, 6.45) is 3.87. The number of aliphatic hydroxyl groups is 1. The summed E-state index contributed by atoms with van der Waals surface area (Å²) in [6, 6.07) is 20.4. The minimum absolute atomic E-state index is 0.0496. The largest absolute Gasteiger partial charge is 0.507 e. The molecule has 0 spiro atoms. The lowest BCUT2D eigenvalue weighted by Crippen LogP contribution is -2.31. The lowest BCUT2D eigenvalue weighted by Gasteiger charge is -2.25. The van der Waals surface area contributed by atoms with Crippen molar-refractivity contribution in [1.82, 2.24) is 14.9 Å². The third-order valence-corrected chi connectivity index (χ3v) is 6.85. The number of carbonyl (C=O) groups excluding carboxylic acids is 2. The van der Waals surface area contributed by atoms with Crippen LogP contribution in [-0.2, 0) is 16.0 Å². The van der Waals surface area contributed by atoms with Gasteiger partial charge in [0.15, 0.2) is 0 Å². The van der Waals surface area contributed by atoms with E-state index < -0.39 is 17.7 Å². The van der Waals surface area contributed by atoms with E-state index in [1.165, 1.54) is 17.0 Å². The predicted octanol–water partition coefficient (Wildman–Crippen LogP) is 5.45. The number of nitrogens with zero attached hydrogens (tertiary/aromatic N) is 1. The predicted molar refractivity (Wildman–Crippen MR) is 136 cm³/mol. The molecule has 0 bridgehead atoms. The molecular weight excluding hydrogens is 457 g/mol. The van der Waals surface area contributed by atoms with Crippen LogP contribution in [0.2, 0.25) is 0 Å². The van der Waals surface area contributed by atoms with Crippen molar-refractivity contribution in [3.8, 4) is 0 Å². The van der Waals surface area contributed by atoms with Crippen LogP contribution in [0, 0.1) is 5.82 Å². The Labute approximate surface area is 205 Å². The zero-order valence-corrected chi connectivity index (χ0v) is 19.2. The van der Waals surface area contributed by atoms with Crippen molar-refractivity contribution in [2.24, 2.45) is 0 Å². The molecule has 36 heavy (non-hydrogen) atoms. The summed E-state index contributed by atoms with van der Waals surface area (Å²) >= 11 is 0. The fourth-order valence-corrected chi connectivity index (χ4v) is 5.07. The number of Topliss-reactive ketones (excluding diaryl/α,β-unsaturated/α-hetero) is 1. The van der Waals surface area contributed by atoms with E-state index in [0.717, 1.165) is 32.9 Å². The first kappa shape index (κ1) is 21.9. The third-order valence-electron chi connectivity index (χ3n) is 6.85. The molecule has 0 aliphatic carbocycles. The van der Waals surface area contributed by atoms with Gasteiger partial charge in [-0.3, -0.25) is 9.59 Å². The molecule has 1 unspecified atom stereocenters. The molecule has 0 radical (unpaired) electrons. The lowest BCUT2D eigenvalue weighted by atomic mass is 9.94. The van der Waals surface area contributed by atoms with Gasteiger partial charge in [-0.1, -0.05) is 48.5 Å². The van der Waals surface area contributed by atoms with Crippen molar-refractivity contribution in [2.45, 2.75) is 12.5 Å². The van der Waals surface area contributed by atoms with E-state index in [-0.39, 0.29) is 23.7 Å². The number of ketones is 1. The second kappa shape index (κ2) is 8.53. The van der Waals surface area contributed by atoms with Gasteiger partial charge >= 0.3 is 0 Å². The second-order valence-electron chi connectivity index (χ2n) is 8.91. The van der Waals surface area contributed by atoms with Crippen molar-refractivity contribution in [1.29, 1.82) is 0 Å². The molecule has 1 saturated heterocycles. The summed E-state index contributed by atoms with van der Waals surface area (Å²) in [5.41, 5.74) is 3.76. The van der Waals surface area contributed by atoms with Gasteiger partial charge in [-0.25, -0.2) is 4.39 Å². The van der Waals surface area contributed by atoms with E-state index >= 15 is 0 Å². The smallest absolute Gasteiger partial charge is 0.295 e. The van der Waals surface area contributed by atoms with Gasteiger partial charge in [0.05, 0.1) is 11.6 Å². The standard InChI is InChI=1S/C29H22FN3O3/c30-18-11-9-17(10-12-18)13-14-33-26(21-15-31-23-7-3-1-5-19(21)23)25(28(35)29(33)36)27(34)22-16-32-24-8-4-2-6-20(22)24/h1-12,15-16,26,31-32,34H,13-14H2/b27-25+. The van der Waals surface area contributed by atoms with Gasteiger partial charge in [-0.05, 0) is 36.2 Å². The number of halogens is 1. The van der Waals surface area contributed by atoms with Crippen LogP contribution in [0.4, 0.5) is 4.39 Å². The normalized spacial score (nSPS) is 17.5. The van der Waals surface area contributed by atoms with Crippen LogP contribution in [0.5, 0.6) is 0 Å². The molecule has 5 aromatic rings. The summed E-state index contributed by atoms with van der Waals surface area (Å²) in [5, 5.41) is 13.1. The molecule has 1 aliphatic rings. The molecular formula is C29H22FN3O3. The maximum atomic E-state index is 13.4. The van der Waals surface area contributed by atoms with Gasteiger partial charge in [0.2, 0.25) is 0 Å². The number of aromatic amines is 2. The monoisotopic (exact) mass is 479 g/mol. The van der Waals surface area contributed by atoms with Gasteiger partial charge in [-0.15, -0.1) is 0 Å². The summed E-state index contributed by atoms with van der Waals surface area (Å²) in [4.78, 5) is 34.6. The molecule has 178 valence electrons. The maximum Gasteiger partial charge on any atom is 0.295 e. The molecule has 6 rings (SSSR count). The van der Waals surface area contributed by atoms with Crippen LogP contribution in [-0.4, -0.2) is 38.2 Å². The fourth-order valence-electron chi connectivity index (χ4n) is 5.07. The Kier molecular flexibility index (Phi) is 5.18. The average molecular weight is 480 g/mol. The first-order valence-electron chi connectivity index (χ1n) is 11.7. The summed E-state index contributed by atoms with van der Waals surface area (Å²) in [7, 11) is 0. The first-order valence-corrected chi connectivity index (χ1v) is 11.7. The van der Waals surface area contributed by atoms with Gasteiger partial charge in [-0.2, -0.15) is 0 Å². The lowest BCUT2D eigenvalue weighted by molar-refractivity contribution is -0.139. The maximum absolute atomic E-state index is 13.4. The number of hydrogen-bond donors (Lipinski definition) is 3. The molecule has 0 saturated carbocycles. The number of fused-ring (bicyclic) bond motifs is 2. The van der Waals surface area contributed by atoms with Crippen LogP contribution in [0.25, 0.3) is 27.6 Å². The molecule has 3 N–H and O–H groups in total. The Morgan fingerprint density at radius 1 is 0.861 bits per heavy atom. The first-order chi connectivity index (χ1) is 17.5. The molecule has 1 atom stereocenters. The highest BCUT2D eigenvalue weighted by atomic mass is 19.1. The topological polar surface area (TPSA) is 89.2 Å². The number of carbonyl (C=O) groups is 2. The number of hydrogen-bond acceptors (Lipinski definition) is 3. The highest BCUT2D eigenvalue weighted by Gasteiger charge is 2.46. The molecule has 1 amide bonds. The molecule has 2 aromatic heterocycles. The average Bonchev–Trinajstić information content (AvgIpc) is 3.58. The zero-order valence-electron chi connectivity index (χ0n) is 19.2. The molecule has 1 aliphatic heterocycles. The van der Waals surface area contributed by atoms with Gasteiger partial charge in [0.25, 0.3) is 11.7 Å². The summed E-state index contributed by atoms with van der Waals surface area (Å²) in [5.74, 6) is -1.96. The second-order valence-corrected chi connectivity index (χ2v) is 8.91. The van der Waals surface area contributed by atoms with Crippen molar-refractivity contribution >= 4 is 39.3 Å². The highest BCUT2D eigenvalue weighted by molar-refractivity contribution is 6.47. The number of amides is 1. The van der Waals surface area contributed by atoms with Crippen LogP contribution in [0.15, 0.2) is 90.8 Å². The Bertz CT molecular complexity index is 1660. The molecule has 7 heteroatoms. The van der Waals surface area contributed by atoms with Crippen molar-refractivity contribution in [3.05, 3.63) is 113 Å². The number of H-pyrrole nitrogens is 2. The number of likely N-dealkylation sites (tertiary alicyclic amines) is 1. The van der Waals surface area contributed by atoms with Gasteiger partial charge < -0.3 is 20.0 Å². The Hall–Kier alpha value is -4.65. The Morgan fingerprint density at radius 3 is 2.25 bits per heavy atom. The van der Waals surface area contributed by atoms with Crippen molar-refractivity contribution < 1.29 is 19.1 Å². The fraction of sp³-hybridized carbons (Fsp3) is 0.103. The minimum Gasteiger partial charge on any atom is -0.507 e. The number of para-hydroxylation sites is 2. The number of benzene rings is 3. The van der Waals surface area contributed by atoms with Gasteiger partial charge in [0.1, 0.15) is 11.6 Å².